The average molecular weight is 284 g/mol. The highest BCUT2D eigenvalue weighted by Gasteiger charge is 2.32. The highest BCUT2D eigenvalue weighted by Crippen LogP contribution is 2.27. The van der Waals surface area contributed by atoms with Gasteiger partial charge in [-0.25, -0.2) is 0 Å². The van der Waals surface area contributed by atoms with Crippen molar-refractivity contribution in [2.24, 2.45) is 0 Å². The molecule has 1 saturated heterocycles. The number of nitrogens with one attached hydrogen (secondary N) is 2. The number of para-hydroxylation sites is 1. The second-order valence-corrected chi connectivity index (χ2v) is 6.03. The molecule has 3 nitrogen and oxygen atoms in total. The summed E-state index contributed by atoms with van der Waals surface area (Å²) in [6.07, 6.45) is 0.768. The van der Waals surface area contributed by atoms with E-state index in [1.54, 1.807) is 11.8 Å². The molecule has 0 saturated carbocycles. The van der Waals surface area contributed by atoms with Crippen LogP contribution in [0.25, 0.3) is 0 Å². The third-order valence-corrected chi connectivity index (χ3v) is 4.42. The lowest BCUT2D eigenvalue weighted by atomic mass is 10.1. The first-order valence-corrected chi connectivity index (χ1v) is 7.57. The molecule has 2 atom stereocenters. The summed E-state index contributed by atoms with van der Waals surface area (Å²) < 4.78 is 0. The summed E-state index contributed by atoms with van der Waals surface area (Å²) in [6.45, 7) is 0. The minimum atomic E-state index is -0.0568. The fraction of sp³-hybridized carbons (Fsp3) is 0.188. The standard InChI is InChI=1S/C16H16N2OS/c19-15-14(11-12-7-3-1-4-8-12)20-16(18-15)17-13-9-5-2-6-10-13/h1-10,14,16-17H,11H2,(H,18,19). The summed E-state index contributed by atoms with van der Waals surface area (Å²) in [7, 11) is 0. The van der Waals surface area contributed by atoms with Crippen molar-refractivity contribution in [3.8, 4) is 0 Å². The van der Waals surface area contributed by atoms with Crippen LogP contribution in [0.2, 0.25) is 0 Å². The zero-order valence-electron chi connectivity index (χ0n) is 11.0. The van der Waals surface area contributed by atoms with E-state index in [9.17, 15) is 4.79 Å². The molecule has 0 bridgehead atoms. The molecule has 0 radical (unpaired) electrons. The fourth-order valence-corrected chi connectivity index (χ4v) is 3.40. The van der Waals surface area contributed by atoms with E-state index in [0.717, 1.165) is 12.1 Å². The van der Waals surface area contributed by atoms with Gasteiger partial charge in [0.2, 0.25) is 5.91 Å². The second-order valence-electron chi connectivity index (χ2n) is 4.71. The fourth-order valence-electron chi connectivity index (χ4n) is 2.21. The normalized spacial score (nSPS) is 21.5. The SMILES string of the molecule is O=C1NC(Nc2ccccc2)SC1Cc1ccccc1. The van der Waals surface area contributed by atoms with Gasteiger partial charge in [0.15, 0.2) is 0 Å². The quantitative estimate of drug-likeness (QED) is 0.907. The lowest BCUT2D eigenvalue weighted by Gasteiger charge is -2.13. The van der Waals surface area contributed by atoms with E-state index in [2.05, 4.69) is 22.8 Å². The molecular formula is C16H16N2OS. The van der Waals surface area contributed by atoms with E-state index < -0.39 is 0 Å². The zero-order chi connectivity index (χ0) is 13.8. The van der Waals surface area contributed by atoms with Crippen LogP contribution in [0.15, 0.2) is 60.7 Å². The Balaban J connectivity index is 1.61. The van der Waals surface area contributed by atoms with Crippen LogP contribution in [0.4, 0.5) is 5.69 Å². The van der Waals surface area contributed by atoms with Crippen molar-refractivity contribution in [2.75, 3.05) is 5.32 Å². The van der Waals surface area contributed by atoms with Crippen LogP contribution in [-0.2, 0) is 11.2 Å². The van der Waals surface area contributed by atoms with Crippen molar-refractivity contribution in [3.05, 3.63) is 66.2 Å². The Morgan fingerprint density at radius 2 is 1.65 bits per heavy atom. The maximum absolute atomic E-state index is 12.0. The Kier molecular flexibility index (Phi) is 3.92. The summed E-state index contributed by atoms with van der Waals surface area (Å²) in [5.74, 6) is 0.104. The van der Waals surface area contributed by atoms with Crippen molar-refractivity contribution < 1.29 is 4.79 Å². The molecule has 102 valence electrons. The second kappa shape index (κ2) is 6.01. The van der Waals surface area contributed by atoms with Crippen LogP contribution in [0.5, 0.6) is 0 Å². The van der Waals surface area contributed by atoms with E-state index in [-0.39, 0.29) is 16.7 Å². The Hall–Kier alpha value is -1.94. The lowest BCUT2D eigenvalue weighted by molar-refractivity contribution is -0.119. The van der Waals surface area contributed by atoms with E-state index in [4.69, 9.17) is 0 Å². The van der Waals surface area contributed by atoms with Crippen molar-refractivity contribution in [1.82, 2.24) is 5.32 Å². The maximum atomic E-state index is 12.0. The highest BCUT2D eigenvalue weighted by atomic mass is 32.2. The van der Waals surface area contributed by atoms with E-state index in [1.165, 1.54) is 5.56 Å². The third kappa shape index (κ3) is 3.14. The molecule has 0 aromatic heterocycles. The van der Waals surface area contributed by atoms with Crippen LogP contribution in [0, 0.1) is 0 Å². The Bertz CT molecular complexity index is 574. The molecule has 0 spiro atoms. The van der Waals surface area contributed by atoms with E-state index in [0.29, 0.717) is 0 Å². The molecule has 2 aromatic carbocycles. The molecular weight excluding hydrogens is 268 g/mol. The van der Waals surface area contributed by atoms with Gasteiger partial charge in [-0.2, -0.15) is 0 Å². The molecule has 2 N–H and O–H groups in total. The number of benzene rings is 2. The van der Waals surface area contributed by atoms with Gasteiger partial charge < -0.3 is 10.6 Å². The smallest absolute Gasteiger partial charge is 0.235 e. The Morgan fingerprint density at radius 1 is 1.00 bits per heavy atom. The first kappa shape index (κ1) is 13.1. The molecule has 20 heavy (non-hydrogen) atoms. The largest absolute Gasteiger partial charge is 0.357 e. The molecule has 4 heteroatoms. The van der Waals surface area contributed by atoms with Gasteiger partial charge in [0.25, 0.3) is 0 Å². The number of carbonyl (C=O) groups excluding carboxylic acids is 1. The van der Waals surface area contributed by atoms with Crippen molar-refractivity contribution in [3.63, 3.8) is 0 Å². The first-order valence-electron chi connectivity index (χ1n) is 6.62. The number of hydrogen-bond acceptors (Lipinski definition) is 3. The summed E-state index contributed by atoms with van der Waals surface area (Å²) >= 11 is 1.64. The number of hydrogen-bond donors (Lipinski definition) is 2. The molecule has 1 amide bonds. The number of carbonyl (C=O) groups is 1. The molecule has 0 aliphatic carbocycles. The average Bonchev–Trinajstić information content (AvgIpc) is 2.81. The van der Waals surface area contributed by atoms with Gasteiger partial charge in [-0.15, -0.1) is 11.8 Å². The number of rotatable bonds is 4. The van der Waals surface area contributed by atoms with Gasteiger partial charge >= 0.3 is 0 Å². The van der Waals surface area contributed by atoms with Crippen LogP contribution in [-0.4, -0.2) is 16.7 Å². The molecule has 3 rings (SSSR count). The van der Waals surface area contributed by atoms with Gasteiger partial charge in [-0.1, -0.05) is 48.5 Å². The minimum absolute atomic E-state index is 0.0291. The van der Waals surface area contributed by atoms with Gasteiger partial charge in [0.05, 0.1) is 5.25 Å². The summed E-state index contributed by atoms with van der Waals surface area (Å²) in [4.78, 5) is 12.0. The number of amides is 1. The van der Waals surface area contributed by atoms with Crippen LogP contribution in [0.3, 0.4) is 0 Å². The number of thioether (sulfide) groups is 1. The molecule has 1 fully saturated rings. The predicted molar refractivity (Wildman–Crippen MR) is 83.5 cm³/mol. The topological polar surface area (TPSA) is 41.1 Å². The Labute approximate surface area is 122 Å². The van der Waals surface area contributed by atoms with Crippen LogP contribution < -0.4 is 10.6 Å². The van der Waals surface area contributed by atoms with E-state index >= 15 is 0 Å². The van der Waals surface area contributed by atoms with Crippen LogP contribution >= 0.6 is 11.8 Å². The third-order valence-electron chi connectivity index (χ3n) is 3.20. The summed E-state index contributed by atoms with van der Waals surface area (Å²) in [5, 5.41) is 6.27. The molecule has 2 unspecified atom stereocenters. The molecule has 2 aromatic rings. The zero-order valence-corrected chi connectivity index (χ0v) is 11.8. The summed E-state index contributed by atoms with van der Waals surface area (Å²) in [5.41, 5.74) is 2.16. The lowest BCUT2D eigenvalue weighted by Crippen LogP contribution is -2.32. The highest BCUT2D eigenvalue weighted by molar-refractivity contribution is 8.01. The predicted octanol–water partition coefficient (Wildman–Crippen LogP) is 2.86. The molecule has 1 aliphatic heterocycles. The van der Waals surface area contributed by atoms with Crippen molar-refractivity contribution in [2.45, 2.75) is 17.2 Å². The van der Waals surface area contributed by atoms with Crippen LogP contribution in [0.1, 0.15) is 5.56 Å². The number of anilines is 1. The first-order chi connectivity index (χ1) is 9.81. The van der Waals surface area contributed by atoms with Gasteiger partial charge in [-0.3, -0.25) is 4.79 Å². The Morgan fingerprint density at radius 3 is 2.35 bits per heavy atom. The monoisotopic (exact) mass is 284 g/mol. The van der Waals surface area contributed by atoms with Gasteiger partial charge in [-0.05, 0) is 24.1 Å². The van der Waals surface area contributed by atoms with E-state index in [1.807, 2.05) is 48.5 Å². The molecule has 1 aliphatic rings. The minimum Gasteiger partial charge on any atom is -0.357 e. The molecule has 1 heterocycles. The van der Waals surface area contributed by atoms with Gasteiger partial charge in [0.1, 0.15) is 5.50 Å². The summed E-state index contributed by atoms with van der Waals surface area (Å²) in [6, 6.07) is 20.1. The van der Waals surface area contributed by atoms with Gasteiger partial charge in [0, 0.05) is 5.69 Å². The maximum Gasteiger partial charge on any atom is 0.235 e. The van der Waals surface area contributed by atoms with Crippen molar-refractivity contribution in [1.29, 1.82) is 0 Å². The van der Waals surface area contributed by atoms with Crippen molar-refractivity contribution >= 4 is 23.4 Å².